The van der Waals surface area contributed by atoms with Gasteiger partial charge in [-0.1, -0.05) is 0 Å². The van der Waals surface area contributed by atoms with E-state index >= 15 is 0 Å². The van der Waals surface area contributed by atoms with E-state index in [0.29, 0.717) is 0 Å². The number of amides is 4. The summed E-state index contributed by atoms with van der Waals surface area (Å²) < 4.78 is 20.2. The van der Waals surface area contributed by atoms with Gasteiger partial charge in [-0.15, -0.1) is 0 Å². The van der Waals surface area contributed by atoms with Crippen molar-refractivity contribution in [3.8, 4) is 0 Å². The van der Waals surface area contributed by atoms with Gasteiger partial charge in [-0.25, -0.2) is 19.6 Å². The van der Waals surface area contributed by atoms with Crippen molar-refractivity contribution < 1.29 is 28.5 Å². The van der Waals surface area contributed by atoms with Gasteiger partial charge in [0.2, 0.25) is 0 Å². The maximum Gasteiger partial charge on any atom is 0.344 e. The molecule has 22 heavy (non-hydrogen) atoms. The van der Waals surface area contributed by atoms with Gasteiger partial charge < -0.3 is 18.9 Å². The molecule has 0 aliphatic carbocycles. The standard InChI is InChI=1S/C12H24N4O6/c1-10-13(6-19-2)11(17)15(8-21-4)16(9-22-5)12(18)14(10)7-20-3/h10H,6-9H2,1-5H3. The van der Waals surface area contributed by atoms with Crippen molar-refractivity contribution in [2.24, 2.45) is 0 Å². The van der Waals surface area contributed by atoms with Gasteiger partial charge in [0.15, 0.2) is 0 Å². The number of hydrogen-bond acceptors (Lipinski definition) is 6. The van der Waals surface area contributed by atoms with Crippen LogP contribution < -0.4 is 0 Å². The number of urea groups is 2. The second-order valence-electron chi connectivity index (χ2n) is 4.61. The number of methoxy groups -OCH3 is 4. The molecule has 4 amide bonds. The van der Waals surface area contributed by atoms with Crippen LogP contribution in [0.1, 0.15) is 6.92 Å². The number of nitrogens with zero attached hydrogens (tertiary/aromatic N) is 4. The number of hydrogen-bond donors (Lipinski definition) is 0. The number of carbonyl (C=O) groups is 2. The molecule has 0 radical (unpaired) electrons. The molecule has 0 aromatic heterocycles. The van der Waals surface area contributed by atoms with Gasteiger partial charge >= 0.3 is 12.1 Å². The average Bonchev–Trinajstić information content (AvgIpc) is 2.56. The second-order valence-corrected chi connectivity index (χ2v) is 4.61. The molecule has 0 bridgehead atoms. The summed E-state index contributed by atoms with van der Waals surface area (Å²) in [6.07, 6.45) is -0.555. The lowest BCUT2D eigenvalue weighted by molar-refractivity contribution is -0.0844. The molecule has 0 aromatic carbocycles. The first kappa shape index (κ1) is 18.4. The Labute approximate surface area is 130 Å². The van der Waals surface area contributed by atoms with Gasteiger partial charge in [-0.2, -0.15) is 0 Å². The van der Waals surface area contributed by atoms with Crippen LogP contribution in [0, 0.1) is 0 Å². The minimum absolute atomic E-state index is 0.0224. The van der Waals surface area contributed by atoms with Crippen molar-refractivity contribution in [3.05, 3.63) is 0 Å². The molecule has 1 aliphatic rings. The van der Waals surface area contributed by atoms with E-state index < -0.39 is 18.2 Å². The summed E-state index contributed by atoms with van der Waals surface area (Å²) >= 11 is 0. The lowest BCUT2D eigenvalue weighted by atomic mass is 10.4. The highest BCUT2D eigenvalue weighted by Crippen LogP contribution is 2.19. The Morgan fingerprint density at radius 2 is 1.05 bits per heavy atom. The maximum atomic E-state index is 12.7. The highest BCUT2D eigenvalue weighted by Gasteiger charge is 2.41. The van der Waals surface area contributed by atoms with Gasteiger partial charge in [0.1, 0.15) is 33.1 Å². The molecule has 0 atom stereocenters. The van der Waals surface area contributed by atoms with E-state index in [2.05, 4.69) is 0 Å². The first-order valence-electron chi connectivity index (χ1n) is 6.65. The van der Waals surface area contributed by atoms with Crippen LogP contribution in [0.2, 0.25) is 0 Å². The third-order valence-electron chi connectivity index (χ3n) is 3.17. The van der Waals surface area contributed by atoms with Crippen LogP contribution in [0.15, 0.2) is 0 Å². The van der Waals surface area contributed by atoms with E-state index in [1.54, 1.807) is 6.92 Å². The zero-order valence-electron chi connectivity index (χ0n) is 13.6. The quantitative estimate of drug-likeness (QED) is 0.632. The summed E-state index contributed by atoms with van der Waals surface area (Å²) in [6.45, 7) is 1.57. The van der Waals surface area contributed by atoms with Crippen molar-refractivity contribution in [2.45, 2.75) is 13.1 Å². The van der Waals surface area contributed by atoms with Crippen LogP contribution >= 0.6 is 0 Å². The molecule has 1 heterocycles. The molecule has 0 spiro atoms. The van der Waals surface area contributed by atoms with Crippen LogP contribution in [0.4, 0.5) is 9.59 Å². The predicted molar refractivity (Wildman–Crippen MR) is 75.1 cm³/mol. The number of hydrazine groups is 1. The largest absolute Gasteiger partial charge is 0.364 e. The van der Waals surface area contributed by atoms with Gasteiger partial charge in [0.25, 0.3) is 0 Å². The second kappa shape index (κ2) is 8.73. The minimum atomic E-state index is -0.555. The molecule has 0 unspecified atom stereocenters. The third-order valence-corrected chi connectivity index (χ3v) is 3.17. The van der Waals surface area contributed by atoms with Crippen LogP contribution in [-0.4, -0.2) is 93.4 Å². The molecule has 1 aliphatic heterocycles. The summed E-state index contributed by atoms with van der Waals surface area (Å²) in [4.78, 5) is 28.2. The summed E-state index contributed by atoms with van der Waals surface area (Å²) in [5.74, 6) is 0. The van der Waals surface area contributed by atoms with E-state index in [0.717, 1.165) is 10.0 Å². The summed E-state index contributed by atoms with van der Waals surface area (Å²) in [5, 5.41) is 2.33. The number of rotatable bonds is 8. The Hall–Kier alpha value is -1.62. The van der Waals surface area contributed by atoms with E-state index in [-0.39, 0.29) is 26.9 Å². The lowest BCUT2D eigenvalue weighted by Crippen LogP contribution is -2.53. The molecular formula is C12H24N4O6. The molecular weight excluding hydrogens is 296 g/mol. The highest BCUT2D eigenvalue weighted by atomic mass is 16.5. The number of carbonyl (C=O) groups excluding carboxylic acids is 2. The van der Waals surface area contributed by atoms with E-state index in [9.17, 15) is 9.59 Å². The van der Waals surface area contributed by atoms with E-state index in [1.807, 2.05) is 0 Å². The normalized spacial score (nSPS) is 17.5. The Bertz CT molecular complexity index is 349. The molecule has 1 fully saturated rings. The first-order chi connectivity index (χ1) is 10.5. The Balaban J connectivity index is 3.21. The Morgan fingerprint density at radius 1 is 0.727 bits per heavy atom. The van der Waals surface area contributed by atoms with Crippen molar-refractivity contribution in [3.63, 3.8) is 0 Å². The molecule has 10 heteroatoms. The van der Waals surface area contributed by atoms with E-state index in [1.165, 1.54) is 38.2 Å². The first-order valence-corrected chi connectivity index (χ1v) is 6.65. The van der Waals surface area contributed by atoms with Crippen LogP contribution in [-0.2, 0) is 18.9 Å². The highest BCUT2D eigenvalue weighted by molar-refractivity contribution is 5.83. The molecule has 0 aromatic rings. The van der Waals surface area contributed by atoms with Crippen molar-refractivity contribution >= 4 is 12.1 Å². The maximum absolute atomic E-state index is 12.7. The summed E-state index contributed by atoms with van der Waals surface area (Å²) in [6, 6.07) is -0.861. The van der Waals surface area contributed by atoms with Crippen LogP contribution in [0.5, 0.6) is 0 Å². The fraction of sp³-hybridized carbons (Fsp3) is 0.833. The fourth-order valence-electron chi connectivity index (χ4n) is 2.09. The molecule has 10 nitrogen and oxygen atoms in total. The smallest absolute Gasteiger partial charge is 0.344 e. The molecule has 1 rings (SSSR count). The number of ether oxygens (including phenoxy) is 4. The third kappa shape index (κ3) is 3.77. The van der Waals surface area contributed by atoms with Crippen molar-refractivity contribution in [1.29, 1.82) is 0 Å². The van der Waals surface area contributed by atoms with Crippen LogP contribution in [0.3, 0.4) is 0 Å². The summed E-state index contributed by atoms with van der Waals surface area (Å²) in [7, 11) is 5.82. The topological polar surface area (TPSA) is 84.0 Å². The minimum Gasteiger partial charge on any atom is -0.364 e. The Morgan fingerprint density at radius 3 is 1.32 bits per heavy atom. The molecule has 128 valence electrons. The fourth-order valence-corrected chi connectivity index (χ4v) is 2.09. The predicted octanol–water partition coefficient (Wildman–Crippen LogP) is 0.125. The molecule has 0 N–H and O–H groups in total. The lowest BCUT2D eigenvalue weighted by Gasteiger charge is -2.32. The molecule has 1 saturated heterocycles. The molecule has 0 saturated carbocycles. The Kier molecular flexibility index (Phi) is 7.32. The van der Waals surface area contributed by atoms with E-state index in [4.69, 9.17) is 18.9 Å². The zero-order chi connectivity index (χ0) is 16.7. The SMILES string of the molecule is COCN1C(=O)N(COC)N(COC)C(=O)N(COC)C1C. The zero-order valence-corrected chi connectivity index (χ0v) is 13.6. The van der Waals surface area contributed by atoms with Gasteiger partial charge in [-0.05, 0) is 6.92 Å². The van der Waals surface area contributed by atoms with Gasteiger partial charge in [0, 0.05) is 28.4 Å². The van der Waals surface area contributed by atoms with Crippen molar-refractivity contribution in [2.75, 3.05) is 55.4 Å². The van der Waals surface area contributed by atoms with Gasteiger partial charge in [-0.3, -0.25) is 9.80 Å². The average molecular weight is 320 g/mol. The summed E-state index contributed by atoms with van der Waals surface area (Å²) in [5.41, 5.74) is 0. The monoisotopic (exact) mass is 320 g/mol. The van der Waals surface area contributed by atoms with Gasteiger partial charge in [0.05, 0.1) is 0 Å². The van der Waals surface area contributed by atoms with Crippen molar-refractivity contribution in [1.82, 2.24) is 19.8 Å². The van der Waals surface area contributed by atoms with Crippen LogP contribution in [0.25, 0.3) is 0 Å².